The summed E-state index contributed by atoms with van der Waals surface area (Å²) >= 11 is 0. The highest BCUT2D eigenvalue weighted by molar-refractivity contribution is 5.91. The van der Waals surface area contributed by atoms with Gasteiger partial charge in [0.2, 0.25) is 0 Å². The van der Waals surface area contributed by atoms with Crippen molar-refractivity contribution < 1.29 is 9.53 Å². The number of hydrogen-bond acceptors (Lipinski definition) is 3. The van der Waals surface area contributed by atoms with Gasteiger partial charge in [0.15, 0.2) is 0 Å². The number of nitrogens with two attached hydrogens (primary N) is 1. The van der Waals surface area contributed by atoms with Crippen molar-refractivity contribution in [3.8, 4) is 0 Å². The lowest BCUT2D eigenvalue weighted by Gasteiger charge is -2.05. The van der Waals surface area contributed by atoms with E-state index in [1.54, 1.807) is 6.07 Å². The van der Waals surface area contributed by atoms with Gasteiger partial charge in [0.1, 0.15) is 0 Å². The van der Waals surface area contributed by atoms with Gasteiger partial charge < -0.3 is 10.5 Å². The molecule has 0 aliphatic heterocycles. The van der Waals surface area contributed by atoms with Gasteiger partial charge in [-0.1, -0.05) is 18.2 Å². The van der Waals surface area contributed by atoms with Crippen LogP contribution in [0.15, 0.2) is 24.3 Å². The molecule has 0 bridgehead atoms. The van der Waals surface area contributed by atoms with E-state index in [1.807, 2.05) is 18.2 Å². The Morgan fingerprint density at radius 2 is 2.14 bits per heavy atom. The largest absolute Gasteiger partial charge is 0.465 e. The summed E-state index contributed by atoms with van der Waals surface area (Å²) in [6.45, 7) is 0. The highest BCUT2D eigenvalue weighted by Gasteiger charge is 2.37. The molecule has 74 valence electrons. The summed E-state index contributed by atoms with van der Waals surface area (Å²) in [5, 5.41) is 0. The summed E-state index contributed by atoms with van der Waals surface area (Å²) in [7, 11) is 1.39. The van der Waals surface area contributed by atoms with E-state index >= 15 is 0 Å². The third-order valence-corrected chi connectivity index (χ3v) is 2.61. The molecular weight excluding hydrogens is 178 g/mol. The molecule has 2 N–H and O–H groups in total. The number of esters is 1. The van der Waals surface area contributed by atoms with Crippen molar-refractivity contribution in [1.29, 1.82) is 0 Å². The summed E-state index contributed by atoms with van der Waals surface area (Å²) in [6, 6.07) is 7.70. The summed E-state index contributed by atoms with van der Waals surface area (Å²) in [4.78, 5) is 11.4. The molecule has 1 saturated carbocycles. The normalized spacial score (nSPS) is 24.4. The first-order chi connectivity index (χ1) is 6.74. The van der Waals surface area contributed by atoms with Crippen LogP contribution in [-0.4, -0.2) is 19.1 Å². The average molecular weight is 191 g/mol. The molecule has 0 heterocycles. The predicted molar refractivity (Wildman–Crippen MR) is 53.1 cm³/mol. The van der Waals surface area contributed by atoms with Gasteiger partial charge in [0.25, 0.3) is 0 Å². The van der Waals surface area contributed by atoms with E-state index in [9.17, 15) is 4.79 Å². The highest BCUT2D eigenvalue weighted by Crippen LogP contribution is 2.40. The Morgan fingerprint density at radius 1 is 1.50 bits per heavy atom. The van der Waals surface area contributed by atoms with E-state index in [-0.39, 0.29) is 12.0 Å². The minimum Gasteiger partial charge on any atom is -0.465 e. The van der Waals surface area contributed by atoms with Crippen LogP contribution in [0.5, 0.6) is 0 Å². The second-order valence-corrected chi connectivity index (χ2v) is 3.58. The first-order valence-electron chi connectivity index (χ1n) is 4.67. The molecule has 3 nitrogen and oxygen atoms in total. The van der Waals surface area contributed by atoms with Crippen LogP contribution in [0.1, 0.15) is 28.3 Å². The van der Waals surface area contributed by atoms with Crippen LogP contribution < -0.4 is 5.73 Å². The van der Waals surface area contributed by atoms with Crippen molar-refractivity contribution in [2.45, 2.75) is 18.4 Å². The molecule has 0 saturated heterocycles. The monoisotopic (exact) mass is 191 g/mol. The van der Waals surface area contributed by atoms with Gasteiger partial charge in [0, 0.05) is 12.0 Å². The van der Waals surface area contributed by atoms with Gasteiger partial charge in [0.05, 0.1) is 12.7 Å². The van der Waals surface area contributed by atoms with Gasteiger partial charge in [-0.25, -0.2) is 4.79 Å². The molecule has 2 rings (SSSR count). The maximum Gasteiger partial charge on any atom is 0.338 e. The molecule has 2 atom stereocenters. The van der Waals surface area contributed by atoms with E-state index < -0.39 is 0 Å². The fraction of sp³-hybridized carbons (Fsp3) is 0.364. The number of carbonyl (C=O) groups excluding carboxylic acids is 1. The first-order valence-corrected chi connectivity index (χ1v) is 4.67. The Bertz CT molecular complexity index is 362. The summed E-state index contributed by atoms with van der Waals surface area (Å²) < 4.78 is 4.71. The lowest BCUT2D eigenvalue weighted by Crippen LogP contribution is -2.08. The van der Waals surface area contributed by atoms with Crippen molar-refractivity contribution in [3.63, 3.8) is 0 Å². The van der Waals surface area contributed by atoms with Gasteiger partial charge in [-0.05, 0) is 18.1 Å². The number of carbonyl (C=O) groups is 1. The molecule has 1 aromatic rings. The summed E-state index contributed by atoms with van der Waals surface area (Å²) in [5.74, 6) is 0.0602. The Kier molecular flexibility index (Phi) is 2.25. The Labute approximate surface area is 82.9 Å². The molecule has 1 fully saturated rings. The van der Waals surface area contributed by atoms with Crippen LogP contribution in [0.2, 0.25) is 0 Å². The fourth-order valence-electron chi connectivity index (χ4n) is 1.69. The quantitative estimate of drug-likeness (QED) is 0.716. The molecule has 0 amide bonds. The summed E-state index contributed by atoms with van der Waals surface area (Å²) in [5.41, 5.74) is 7.42. The Morgan fingerprint density at radius 3 is 2.71 bits per heavy atom. The number of ether oxygens (including phenoxy) is 1. The van der Waals surface area contributed by atoms with Gasteiger partial charge >= 0.3 is 5.97 Å². The van der Waals surface area contributed by atoms with E-state index in [0.29, 0.717) is 11.5 Å². The molecule has 0 aromatic heterocycles. The molecule has 0 unspecified atom stereocenters. The Hall–Kier alpha value is -1.35. The van der Waals surface area contributed by atoms with E-state index in [0.717, 1.165) is 12.0 Å². The van der Waals surface area contributed by atoms with Crippen LogP contribution in [0.25, 0.3) is 0 Å². The second-order valence-electron chi connectivity index (χ2n) is 3.58. The van der Waals surface area contributed by atoms with Crippen LogP contribution in [0.3, 0.4) is 0 Å². The van der Waals surface area contributed by atoms with Crippen molar-refractivity contribution >= 4 is 5.97 Å². The zero-order chi connectivity index (χ0) is 10.1. The SMILES string of the molecule is COC(=O)c1ccccc1[C@@H]1C[C@H]1N. The fourth-order valence-corrected chi connectivity index (χ4v) is 1.69. The lowest BCUT2D eigenvalue weighted by atomic mass is 10.0. The van der Waals surface area contributed by atoms with Crippen molar-refractivity contribution in [2.24, 2.45) is 5.73 Å². The van der Waals surface area contributed by atoms with Crippen LogP contribution in [-0.2, 0) is 4.74 Å². The molecule has 1 aliphatic rings. The minimum atomic E-state index is -0.278. The maximum atomic E-state index is 11.4. The zero-order valence-corrected chi connectivity index (χ0v) is 8.07. The first kappa shape index (κ1) is 9.21. The third kappa shape index (κ3) is 1.51. The van der Waals surface area contributed by atoms with Crippen molar-refractivity contribution in [3.05, 3.63) is 35.4 Å². The minimum absolute atomic E-state index is 0.209. The van der Waals surface area contributed by atoms with E-state index in [4.69, 9.17) is 10.5 Å². The molecule has 1 aromatic carbocycles. The van der Waals surface area contributed by atoms with E-state index in [2.05, 4.69) is 0 Å². The van der Waals surface area contributed by atoms with Crippen molar-refractivity contribution in [2.75, 3.05) is 7.11 Å². The number of rotatable bonds is 2. The third-order valence-electron chi connectivity index (χ3n) is 2.61. The molecular formula is C11H13NO2. The number of benzene rings is 1. The Balaban J connectivity index is 2.34. The average Bonchev–Trinajstić information content (AvgIpc) is 2.94. The smallest absolute Gasteiger partial charge is 0.338 e. The van der Waals surface area contributed by atoms with Crippen LogP contribution in [0.4, 0.5) is 0 Å². The maximum absolute atomic E-state index is 11.4. The van der Waals surface area contributed by atoms with Gasteiger partial charge in [-0.3, -0.25) is 0 Å². The van der Waals surface area contributed by atoms with Crippen LogP contribution >= 0.6 is 0 Å². The molecule has 0 spiro atoms. The number of methoxy groups -OCH3 is 1. The molecule has 1 aliphatic carbocycles. The lowest BCUT2D eigenvalue weighted by molar-refractivity contribution is 0.0599. The van der Waals surface area contributed by atoms with Crippen LogP contribution in [0, 0.1) is 0 Å². The molecule has 0 radical (unpaired) electrons. The van der Waals surface area contributed by atoms with E-state index in [1.165, 1.54) is 7.11 Å². The zero-order valence-electron chi connectivity index (χ0n) is 8.07. The predicted octanol–water partition coefficient (Wildman–Crippen LogP) is 1.29. The number of hydrogen-bond donors (Lipinski definition) is 1. The van der Waals surface area contributed by atoms with Crippen molar-refractivity contribution in [1.82, 2.24) is 0 Å². The molecule has 3 heteroatoms. The highest BCUT2D eigenvalue weighted by atomic mass is 16.5. The standard InChI is InChI=1S/C11H13NO2/c1-14-11(13)8-5-3-2-4-7(8)9-6-10(9)12/h2-5,9-10H,6,12H2,1H3/t9-,10+/m0/s1. The molecule has 14 heavy (non-hydrogen) atoms. The summed E-state index contributed by atoms with van der Waals surface area (Å²) in [6.07, 6.45) is 0.966. The van der Waals surface area contributed by atoms with Gasteiger partial charge in [-0.2, -0.15) is 0 Å². The second kappa shape index (κ2) is 3.42. The topological polar surface area (TPSA) is 52.3 Å². The van der Waals surface area contributed by atoms with Gasteiger partial charge in [-0.15, -0.1) is 0 Å².